The summed E-state index contributed by atoms with van der Waals surface area (Å²) < 4.78 is 2.96. The maximum absolute atomic E-state index is 11.4. The Balaban J connectivity index is 2.67. The van der Waals surface area contributed by atoms with Crippen LogP contribution in [0.15, 0.2) is 4.47 Å². The molecule has 1 aromatic heterocycles. The van der Waals surface area contributed by atoms with Gasteiger partial charge in [-0.05, 0) is 56.1 Å². The Kier molecular flexibility index (Phi) is 5.55. The molecule has 1 unspecified atom stereocenters. The minimum atomic E-state index is -0.826. The van der Waals surface area contributed by atoms with E-state index in [2.05, 4.69) is 26.3 Å². The molecule has 1 aromatic rings. The van der Waals surface area contributed by atoms with Crippen LogP contribution in [0.5, 0.6) is 0 Å². The Morgan fingerprint density at radius 1 is 1.53 bits per heavy atom. The molecule has 0 saturated heterocycles. The molecule has 0 bridgehead atoms. The molecule has 6 heteroatoms. The summed E-state index contributed by atoms with van der Waals surface area (Å²) in [5.74, 6) is -0.785. The average molecular weight is 332 g/mol. The zero-order valence-corrected chi connectivity index (χ0v) is 13.5. The third-order valence-electron chi connectivity index (χ3n) is 3.76. The fourth-order valence-corrected chi connectivity index (χ4v) is 2.55. The first-order valence-corrected chi connectivity index (χ1v) is 7.29. The van der Waals surface area contributed by atoms with Gasteiger partial charge in [0.1, 0.15) is 5.54 Å². The maximum Gasteiger partial charge on any atom is 0.323 e. The van der Waals surface area contributed by atoms with Gasteiger partial charge in [0.05, 0.1) is 10.2 Å². The fraction of sp³-hybridized carbons (Fsp3) is 0.692. The number of aromatic nitrogens is 2. The normalized spacial score (nSPS) is 14.4. The van der Waals surface area contributed by atoms with Crippen LogP contribution in [0.1, 0.15) is 37.6 Å². The van der Waals surface area contributed by atoms with Crippen molar-refractivity contribution in [1.82, 2.24) is 15.1 Å². The van der Waals surface area contributed by atoms with Crippen molar-refractivity contribution in [3.05, 3.63) is 15.9 Å². The van der Waals surface area contributed by atoms with Crippen molar-refractivity contribution >= 4 is 21.9 Å². The van der Waals surface area contributed by atoms with Crippen molar-refractivity contribution in [2.75, 3.05) is 7.05 Å². The van der Waals surface area contributed by atoms with Crippen LogP contribution in [0.2, 0.25) is 0 Å². The molecule has 108 valence electrons. The Morgan fingerprint density at radius 2 is 2.16 bits per heavy atom. The van der Waals surface area contributed by atoms with Crippen LogP contribution in [0.4, 0.5) is 0 Å². The number of aryl methyl sites for hydroxylation is 2. The fourth-order valence-electron chi connectivity index (χ4n) is 2.27. The summed E-state index contributed by atoms with van der Waals surface area (Å²) in [4.78, 5) is 11.4. The number of carboxylic acids is 1. The van der Waals surface area contributed by atoms with E-state index >= 15 is 0 Å². The summed E-state index contributed by atoms with van der Waals surface area (Å²) in [5.41, 5.74) is 1.22. The highest BCUT2D eigenvalue weighted by Gasteiger charge is 2.34. The molecule has 1 heterocycles. The summed E-state index contributed by atoms with van der Waals surface area (Å²) in [6, 6.07) is 0. The number of nitrogens with zero attached hydrogens (tertiary/aromatic N) is 2. The van der Waals surface area contributed by atoms with E-state index < -0.39 is 11.5 Å². The predicted octanol–water partition coefficient (Wildman–Crippen LogP) is 2.50. The highest BCUT2D eigenvalue weighted by Crippen LogP contribution is 2.22. The number of rotatable bonds is 7. The minimum absolute atomic E-state index is 0.569. The van der Waals surface area contributed by atoms with Gasteiger partial charge >= 0.3 is 5.97 Å². The number of halogens is 1. The van der Waals surface area contributed by atoms with E-state index in [4.69, 9.17) is 0 Å². The van der Waals surface area contributed by atoms with Gasteiger partial charge in [-0.25, -0.2) is 0 Å². The van der Waals surface area contributed by atoms with Crippen molar-refractivity contribution in [2.45, 2.75) is 52.1 Å². The molecule has 19 heavy (non-hydrogen) atoms. The van der Waals surface area contributed by atoms with Gasteiger partial charge in [-0.15, -0.1) is 0 Å². The van der Waals surface area contributed by atoms with Crippen molar-refractivity contribution in [3.8, 4) is 0 Å². The molecule has 0 aliphatic heterocycles. The van der Waals surface area contributed by atoms with Crippen LogP contribution in [-0.4, -0.2) is 33.4 Å². The molecule has 5 nitrogen and oxygen atoms in total. The number of aliphatic carboxylic acids is 1. The van der Waals surface area contributed by atoms with Crippen molar-refractivity contribution < 1.29 is 9.90 Å². The van der Waals surface area contributed by atoms with Crippen LogP contribution in [0.3, 0.4) is 0 Å². The number of carboxylic acid groups (broad SMARTS) is 1. The maximum atomic E-state index is 11.4. The second-order valence-corrected chi connectivity index (χ2v) is 5.60. The molecule has 0 aromatic carbocycles. The van der Waals surface area contributed by atoms with Crippen LogP contribution in [0.25, 0.3) is 0 Å². The van der Waals surface area contributed by atoms with Crippen molar-refractivity contribution in [1.29, 1.82) is 0 Å². The van der Waals surface area contributed by atoms with Gasteiger partial charge in [-0.3, -0.25) is 9.48 Å². The molecule has 0 aliphatic rings. The number of likely N-dealkylation sites (N-methyl/N-ethyl adjacent to an activating group) is 1. The monoisotopic (exact) mass is 331 g/mol. The molecule has 0 spiro atoms. The van der Waals surface area contributed by atoms with E-state index in [0.717, 1.165) is 28.8 Å². The van der Waals surface area contributed by atoms with Gasteiger partial charge in [0.15, 0.2) is 0 Å². The van der Waals surface area contributed by atoms with E-state index in [-0.39, 0.29) is 0 Å². The topological polar surface area (TPSA) is 67.2 Å². The Labute approximate surface area is 122 Å². The Hall–Kier alpha value is -0.880. The van der Waals surface area contributed by atoms with Gasteiger partial charge < -0.3 is 10.4 Å². The first kappa shape index (κ1) is 16.2. The smallest absolute Gasteiger partial charge is 0.323 e. The molecular weight excluding hydrogens is 310 g/mol. The van der Waals surface area contributed by atoms with E-state index in [1.54, 1.807) is 7.05 Å². The lowest BCUT2D eigenvalue weighted by molar-refractivity contribution is -0.145. The zero-order valence-electron chi connectivity index (χ0n) is 12.0. The van der Waals surface area contributed by atoms with Gasteiger partial charge in [-0.1, -0.05) is 6.92 Å². The second-order valence-electron chi connectivity index (χ2n) is 4.80. The SMILES string of the molecule is CCC(CCCn1nc(C)c(Br)c1C)(NC)C(=O)O. The number of nitrogens with one attached hydrogen (secondary N) is 1. The molecule has 0 amide bonds. The van der Waals surface area contributed by atoms with Gasteiger partial charge in [-0.2, -0.15) is 5.10 Å². The Morgan fingerprint density at radius 3 is 2.53 bits per heavy atom. The molecule has 0 aliphatic carbocycles. The second kappa shape index (κ2) is 6.52. The van der Waals surface area contributed by atoms with Crippen LogP contribution < -0.4 is 5.32 Å². The highest BCUT2D eigenvalue weighted by molar-refractivity contribution is 9.10. The minimum Gasteiger partial charge on any atom is -0.480 e. The standard InChI is InChI=1S/C13H22BrN3O2/c1-5-13(15-4,12(18)19)7-6-8-17-10(3)11(14)9(2)16-17/h15H,5-8H2,1-4H3,(H,18,19). The first-order chi connectivity index (χ1) is 8.88. The summed E-state index contributed by atoms with van der Waals surface area (Å²) in [7, 11) is 1.71. The zero-order chi connectivity index (χ0) is 14.6. The van der Waals surface area contributed by atoms with E-state index in [1.165, 1.54) is 0 Å². The molecule has 1 rings (SSSR count). The molecule has 1 atom stereocenters. The van der Waals surface area contributed by atoms with E-state index in [1.807, 2.05) is 25.5 Å². The largest absolute Gasteiger partial charge is 0.480 e. The van der Waals surface area contributed by atoms with Crippen molar-refractivity contribution in [2.24, 2.45) is 0 Å². The number of hydrogen-bond donors (Lipinski definition) is 2. The lowest BCUT2D eigenvalue weighted by Crippen LogP contribution is -2.49. The summed E-state index contributed by atoms with van der Waals surface area (Å²) in [5, 5.41) is 16.7. The lowest BCUT2D eigenvalue weighted by atomic mass is 9.90. The average Bonchev–Trinajstić information content (AvgIpc) is 2.62. The molecule has 0 radical (unpaired) electrons. The van der Waals surface area contributed by atoms with Crippen LogP contribution in [0, 0.1) is 13.8 Å². The van der Waals surface area contributed by atoms with E-state index in [0.29, 0.717) is 12.8 Å². The third-order valence-corrected chi connectivity index (χ3v) is 4.91. The Bertz CT molecular complexity index is 453. The molecular formula is C13H22BrN3O2. The summed E-state index contributed by atoms with van der Waals surface area (Å²) in [6.07, 6.45) is 1.93. The lowest BCUT2D eigenvalue weighted by Gasteiger charge is -2.27. The van der Waals surface area contributed by atoms with Gasteiger partial charge in [0, 0.05) is 12.2 Å². The quantitative estimate of drug-likeness (QED) is 0.805. The number of hydrogen-bond acceptors (Lipinski definition) is 3. The van der Waals surface area contributed by atoms with Crippen LogP contribution >= 0.6 is 15.9 Å². The van der Waals surface area contributed by atoms with E-state index in [9.17, 15) is 9.90 Å². The van der Waals surface area contributed by atoms with Gasteiger partial charge in [0.25, 0.3) is 0 Å². The molecule has 2 N–H and O–H groups in total. The predicted molar refractivity (Wildman–Crippen MR) is 78.4 cm³/mol. The number of carbonyl (C=O) groups is 1. The van der Waals surface area contributed by atoms with Crippen molar-refractivity contribution in [3.63, 3.8) is 0 Å². The summed E-state index contributed by atoms with van der Waals surface area (Å²) >= 11 is 3.49. The molecule has 0 fully saturated rings. The third kappa shape index (κ3) is 3.36. The highest BCUT2D eigenvalue weighted by atomic mass is 79.9. The van der Waals surface area contributed by atoms with Gasteiger partial charge in [0.2, 0.25) is 0 Å². The molecule has 0 saturated carbocycles. The first-order valence-electron chi connectivity index (χ1n) is 6.49. The summed E-state index contributed by atoms with van der Waals surface area (Å²) in [6.45, 7) is 6.58. The van der Waals surface area contributed by atoms with Crippen LogP contribution in [-0.2, 0) is 11.3 Å².